The minimum absolute atomic E-state index is 0.197. The van der Waals surface area contributed by atoms with E-state index in [-0.39, 0.29) is 11.3 Å². The number of nitrogens with zero attached hydrogens (tertiary/aromatic N) is 1. The number of carbonyl (C=O) groups is 1. The molecule has 0 N–H and O–H groups in total. The van der Waals surface area contributed by atoms with Crippen molar-refractivity contribution in [3.05, 3.63) is 82.9 Å². The van der Waals surface area contributed by atoms with Gasteiger partial charge in [0.25, 0.3) is 5.91 Å². The van der Waals surface area contributed by atoms with Crippen LogP contribution in [0.3, 0.4) is 0 Å². The molecule has 1 aliphatic carbocycles. The Hall–Kier alpha value is -2.00. The first-order valence-electron chi connectivity index (χ1n) is 9.05. The Balaban J connectivity index is 1.56. The fourth-order valence-electron chi connectivity index (χ4n) is 3.79. The van der Waals surface area contributed by atoms with Crippen LogP contribution < -0.4 is 0 Å². The van der Waals surface area contributed by atoms with E-state index in [1.165, 1.54) is 23.1 Å². The van der Waals surface area contributed by atoms with Gasteiger partial charge in [-0.2, -0.15) is 0 Å². The van der Waals surface area contributed by atoms with Crippen molar-refractivity contribution in [1.82, 2.24) is 4.90 Å². The molecule has 0 fully saturated rings. The molecule has 3 heteroatoms. The number of rotatable bonds is 5. The van der Waals surface area contributed by atoms with Crippen molar-refractivity contribution in [2.45, 2.75) is 43.4 Å². The number of hydrogen-bond acceptors (Lipinski definition) is 2. The molecule has 0 bridgehead atoms. The highest BCUT2D eigenvalue weighted by molar-refractivity contribution is 7.99. The Morgan fingerprint density at radius 2 is 1.52 bits per heavy atom. The summed E-state index contributed by atoms with van der Waals surface area (Å²) in [6, 6.07) is 20.9. The van der Waals surface area contributed by atoms with E-state index >= 15 is 0 Å². The van der Waals surface area contributed by atoms with E-state index in [0.29, 0.717) is 6.54 Å². The number of hydrogen-bond donors (Lipinski definition) is 0. The van der Waals surface area contributed by atoms with Crippen LogP contribution in [-0.2, 0) is 17.1 Å². The van der Waals surface area contributed by atoms with Crippen molar-refractivity contribution in [2.24, 2.45) is 0 Å². The predicted molar refractivity (Wildman–Crippen MR) is 104 cm³/mol. The summed E-state index contributed by atoms with van der Waals surface area (Å²) in [6.07, 6.45) is 4.41. The van der Waals surface area contributed by atoms with Crippen molar-refractivity contribution in [1.29, 1.82) is 0 Å². The zero-order chi connectivity index (χ0) is 17.1. The fourth-order valence-corrected chi connectivity index (χ4v) is 5.14. The standard InChI is InChI=1S/C22H23NOS/c24-21-19-13-7-8-14-20(19)22(25-16-18-11-5-2-6-12-18)23(21)15-17-9-3-1-4-10-17/h1-6,9-12,22H,7-8,13-16H2. The van der Waals surface area contributed by atoms with Gasteiger partial charge in [0.2, 0.25) is 0 Å². The summed E-state index contributed by atoms with van der Waals surface area (Å²) in [5, 5.41) is 0.197. The van der Waals surface area contributed by atoms with Crippen LogP contribution in [0.2, 0.25) is 0 Å². The van der Waals surface area contributed by atoms with Crippen LogP contribution in [0.15, 0.2) is 71.8 Å². The van der Waals surface area contributed by atoms with Crippen molar-refractivity contribution in [3.8, 4) is 0 Å². The lowest BCUT2D eigenvalue weighted by Crippen LogP contribution is -2.33. The van der Waals surface area contributed by atoms with Gasteiger partial charge in [0.1, 0.15) is 5.37 Å². The van der Waals surface area contributed by atoms with Crippen LogP contribution in [0.25, 0.3) is 0 Å². The maximum absolute atomic E-state index is 13.0. The number of benzene rings is 2. The Labute approximate surface area is 153 Å². The summed E-state index contributed by atoms with van der Waals surface area (Å²) in [5.41, 5.74) is 5.03. The van der Waals surface area contributed by atoms with Crippen molar-refractivity contribution in [3.63, 3.8) is 0 Å². The zero-order valence-electron chi connectivity index (χ0n) is 14.4. The number of thioether (sulfide) groups is 1. The van der Waals surface area contributed by atoms with Gasteiger partial charge in [0, 0.05) is 17.9 Å². The molecular formula is C22H23NOS. The van der Waals surface area contributed by atoms with E-state index in [1.807, 2.05) is 17.8 Å². The second-order valence-electron chi connectivity index (χ2n) is 6.78. The average molecular weight is 349 g/mol. The van der Waals surface area contributed by atoms with E-state index < -0.39 is 0 Å². The molecule has 0 saturated carbocycles. The normalized spacial score (nSPS) is 20.1. The molecule has 1 aliphatic heterocycles. The van der Waals surface area contributed by atoms with Gasteiger partial charge < -0.3 is 4.90 Å². The molecule has 128 valence electrons. The predicted octanol–water partition coefficient (Wildman–Crippen LogP) is 5.16. The monoisotopic (exact) mass is 349 g/mol. The molecule has 2 aromatic carbocycles. The lowest BCUT2D eigenvalue weighted by atomic mass is 9.94. The SMILES string of the molecule is O=C1C2=C(CCCC2)C(SCc2ccccc2)N1Cc1ccccc1. The molecule has 2 aromatic rings. The minimum atomic E-state index is 0.197. The molecule has 1 heterocycles. The highest BCUT2D eigenvalue weighted by Crippen LogP contribution is 2.42. The maximum Gasteiger partial charge on any atom is 0.251 e. The van der Waals surface area contributed by atoms with E-state index in [4.69, 9.17) is 0 Å². The summed E-state index contributed by atoms with van der Waals surface area (Å²) < 4.78 is 0. The van der Waals surface area contributed by atoms with Gasteiger partial charge in [-0.15, -0.1) is 11.8 Å². The zero-order valence-corrected chi connectivity index (χ0v) is 15.2. The molecule has 25 heavy (non-hydrogen) atoms. The Bertz CT molecular complexity index is 769. The van der Waals surface area contributed by atoms with Gasteiger partial charge in [-0.05, 0) is 42.4 Å². The Morgan fingerprint density at radius 3 is 2.24 bits per heavy atom. The van der Waals surface area contributed by atoms with Crippen molar-refractivity contribution < 1.29 is 4.79 Å². The third-order valence-electron chi connectivity index (χ3n) is 5.06. The highest BCUT2D eigenvalue weighted by Gasteiger charge is 2.39. The van der Waals surface area contributed by atoms with E-state index in [1.54, 1.807) is 0 Å². The third kappa shape index (κ3) is 3.52. The molecule has 4 rings (SSSR count). The van der Waals surface area contributed by atoms with Gasteiger partial charge in [-0.1, -0.05) is 60.7 Å². The maximum atomic E-state index is 13.0. The lowest BCUT2D eigenvalue weighted by molar-refractivity contribution is -0.126. The van der Waals surface area contributed by atoms with Crippen LogP contribution in [-0.4, -0.2) is 16.2 Å². The number of amides is 1. The topological polar surface area (TPSA) is 20.3 Å². The summed E-state index contributed by atoms with van der Waals surface area (Å²) in [6.45, 7) is 0.707. The second kappa shape index (κ2) is 7.49. The molecule has 0 aromatic heterocycles. The first kappa shape index (κ1) is 16.5. The quantitative estimate of drug-likeness (QED) is 0.743. The summed E-state index contributed by atoms with van der Waals surface area (Å²) in [7, 11) is 0. The van der Waals surface area contributed by atoms with E-state index in [9.17, 15) is 4.79 Å². The third-order valence-corrected chi connectivity index (χ3v) is 6.41. The van der Waals surface area contributed by atoms with E-state index in [2.05, 4.69) is 59.5 Å². The van der Waals surface area contributed by atoms with Gasteiger partial charge in [-0.25, -0.2) is 0 Å². The Kier molecular flexibility index (Phi) is 4.93. The average Bonchev–Trinajstić information content (AvgIpc) is 2.94. The summed E-state index contributed by atoms with van der Waals surface area (Å²) in [5.74, 6) is 1.21. The van der Waals surface area contributed by atoms with Crippen molar-refractivity contribution >= 4 is 17.7 Å². The molecular weight excluding hydrogens is 326 g/mol. The highest BCUT2D eigenvalue weighted by atomic mass is 32.2. The van der Waals surface area contributed by atoms with Crippen LogP contribution in [0.1, 0.15) is 36.8 Å². The molecule has 0 saturated heterocycles. The minimum Gasteiger partial charge on any atom is -0.319 e. The van der Waals surface area contributed by atoms with E-state index in [0.717, 1.165) is 30.6 Å². The molecule has 2 aliphatic rings. The first-order valence-corrected chi connectivity index (χ1v) is 10.1. The summed E-state index contributed by atoms with van der Waals surface area (Å²) in [4.78, 5) is 15.1. The van der Waals surface area contributed by atoms with Crippen LogP contribution in [0.5, 0.6) is 0 Å². The number of carbonyl (C=O) groups excluding carboxylic acids is 1. The Morgan fingerprint density at radius 1 is 0.880 bits per heavy atom. The first-order chi connectivity index (χ1) is 12.3. The molecule has 1 atom stereocenters. The molecule has 1 unspecified atom stereocenters. The molecule has 2 nitrogen and oxygen atoms in total. The van der Waals surface area contributed by atoms with Gasteiger partial charge in [-0.3, -0.25) is 4.79 Å². The van der Waals surface area contributed by atoms with Gasteiger partial charge >= 0.3 is 0 Å². The van der Waals surface area contributed by atoms with Crippen LogP contribution in [0, 0.1) is 0 Å². The second-order valence-corrected chi connectivity index (χ2v) is 7.85. The van der Waals surface area contributed by atoms with Crippen LogP contribution in [0.4, 0.5) is 0 Å². The summed E-state index contributed by atoms with van der Waals surface area (Å²) >= 11 is 1.90. The molecule has 0 spiro atoms. The van der Waals surface area contributed by atoms with Gasteiger partial charge in [0.05, 0.1) is 0 Å². The largest absolute Gasteiger partial charge is 0.319 e. The fraction of sp³-hybridized carbons (Fsp3) is 0.318. The lowest BCUT2D eigenvalue weighted by Gasteiger charge is -2.27. The van der Waals surface area contributed by atoms with Gasteiger partial charge in [0.15, 0.2) is 0 Å². The van der Waals surface area contributed by atoms with Crippen LogP contribution >= 0.6 is 11.8 Å². The smallest absolute Gasteiger partial charge is 0.251 e. The molecule has 1 amide bonds. The molecule has 0 radical (unpaired) electrons. The van der Waals surface area contributed by atoms with Crippen molar-refractivity contribution in [2.75, 3.05) is 0 Å².